The van der Waals surface area contributed by atoms with Gasteiger partial charge in [-0.2, -0.15) is 4.99 Å². The average Bonchev–Trinajstić information content (AvgIpc) is 1.90. The van der Waals surface area contributed by atoms with E-state index < -0.39 is 5.97 Å². The number of rotatable bonds is 1. The van der Waals surface area contributed by atoms with E-state index in [4.69, 9.17) is 5.11 Å². The fourth-order valence-electron chi connectivity index (χ4n) is 0.320. The van der Waals surface area contributed by atoms with E-state index in [1.807, 2.05) is 0 Å². The van der Waals surface area contributed by atoms with Gasteiger partial charge in [0.1, 0.15) is 6.26 Å². The number of carboxylic acid groups (broad SMARTS) is 1. The van der Waals surface area contributed by atoms with Gasteiger partial charge in [0, 0.05) is 6.08 Å². The molecule has 5 heteroatoms. The average molecular weight is 129 g/mol. The Morgan fingerprint density at radius 1 is 1.78 bits per heavy atom. The number of hydrogen-bond acceptors (Lipinski definition) is 4. The Bertz CT molecular complexity index is 183. The van der Waals surface area contributed by atoms with Gasteiger partial charge < -0.3 is 5.11 Å². The van der Waals surface area contributed by atoms with E-state index in [2.05, 4.69) is 15.0 Å². The van der Waals surface area contributed by atoms with E-state index in [9.17, 15) is 4.79 Å². The molecule has 0 atom stereocenters. The van der Waals surface area contributed by atoms with Crippen molar-refractivity contribution in [3.63, 3.8) is 0 Å². The highest BCUT2D eigenvalue weighted by Crippen LogP contribution is 1.94. The molecule has 48 valence electrons. The van der Waals surface area contributed by atoms with Crippen molar-refractivity contribution in [1.82, 2.24) is 0 Å². The first-order chi connectivity index (χ1) is 4.30. The normalized spacial score (nSPS) is 15.3. The molecule has 0 bridgehead atoms. The quantitative estimate of drug-likeness (QED) is 0.502. The van der Waals surface area contributed by atoms with Crippen LogP contribution in [0.3, 0.4) is 0 Å². The first-order valence-corrected chi connectivity index (χ1v) is 2.11. The van der Waals surface area contributed by atoms with Crippen molar-refractivity contribution in [3.8, 4) is 0 Å². The third kappa shape index (κ3) is 1.18. The Hall–Kier alpha value is -1.52. The highest BCUT2D eigenvalue weighted by molar-refractivity contribution is 6.40. The first kappa shape index (κ1) is 5.61. The molecule has 0 aromatic heterocycles. The predicted molar refractivity (Wildman–Crippen MR) is 26.4 cm³/mol. The molecule has 5 nitrogen and oxygen atoms in total. The fourth-order valence-corrected chi connectivity index (χ4v) is 0.320. The summed E-state index contributed by atoms with van der Waals surface area (Å²) in [6.07, 6.45) is 2.28. The summed E-state index contributed by atoms with van der Waals surface area (Å²) < 4.78 is 0. The second kappa shape index (κ2) is 2.17. The van der Waals surface area contributed by atoms with Crippen LogP contribution in [0.1, 0.15) is 0 Å². The SMILES string of the molecule is O=C(O)C1=NOOC=C1. The molecule has 0 fully saturated rings. The van der Waals surface area contributed by atoms with Crippen LogP contribution in [0.4, 0.5) is 0 Å². The highest BCUT2D eigenvalue weighted by Gasteiger charge is 2.08. The van der Waals surface area contributed by atoms with Gasteiger partial charge in [0.25, 0.3) is 0 Å². The van der Waals surface area contributed by atoms with E-state index >= 15 is 0 Å². The monoisotopic (exact) mass is 129 g/mol. The van der Waals surface area contributed by atoms with Crippen LogP contribution in [0.25, 0.3) is 0 Å². The van der Waals surface area contributed by atoms with Crippen molar-refractivity contribution >= 4 is 11.7 Å². The van der Waals surface area contributed by atoms with Crippen molar-refractivity contribution in [1.29, 1.82) is 0 Å². The lowest BCUT2D eigenvalue weighted by Gasteiger charge is -1.98. The van der Waals surface area contributed by atoms with E-state index in [1.54, 1.807) is 0 Å². The predicted octanol–water partition coefficient (Wildman–Crippen LogP) is -0.0975. The zero-order valence-corrected chi connectivity index (χ0v) is 4.27. The number of hydrogen-bond donors (Lipinski definition) is 1. The minimum Gasteiger partial charge on any atom is -0.476 e. The zero-order chi connectivity index (χ0) is 6.69. The minimum absolute atomic E-state index is 0.179. The molecule has 0 aromatic rings. The van der Waals surface area contributed by atoms with Gasteiger partial charge >= 0.3 is 5.97 Å². The first-order valence-electron chi connectivity index (χ1n) is 2.11. The van der Waals surface area contributed by atoms with Gasteiger partial charge in [0.2, 0.25) is 0 Å². The highest BCUT2D eigenvalue weighted by atomic mass is 17.3. The number of nitrogens with zero attached hydrogens (tertiary/aromatic N) is 1. The summed E-state index contributed by atoms with van der Waals surface area (Å²) in [5.41, 5.74) is -0.179. The molecule has 1 heterocycles. The molecule has 1 rings (SSSR count). The lowest BCUT2D eigenvalue weighted by molar-refractivity contribution is -0.252. The van der Waals surface area contributed by atoms with Gasteiger partial charge in [0.15, 0.2) is 5.71 Å². The summed E-state index contributed by atoms with van der Waals surface area (Å²) >= 11 is 0. The number of carboxylic acids is 1. The van der Waals surface area contributed by atoms with Crippen molar-refractivity contribution in [2.75, 3.05) is 0 Å². The van der Waals surface area contributed by atoms with Crippen LogP contribution in [0, 0.1) is 0 Å². The molecule has 0 aromatic carbocycles. The van der Waals surface area contributed by atoms with E-state index in [-0.39, 0.29) is 5.71 Å². The standard InChI is InChI=1S/C4H3NO4/c6-4(7)3-1-2-8-9-5-3/h1-2H,(H,6,7). The Morgan fingerprint density at radius 3 is 2.89 bits per heavy atom. The van der Waals surface area contributed by atoms with Crippen LogP contribution < -0.4 is 0 Å². The maximum Gasteiger partial charge on any atom is 0.358 e. The second-order valence-corrected chi connectivity index (χ2v) is 1.26. The van der Waals surface area contributed by atoms with Crippen molar-refractivity contribution in [2.24, 2.45) is 5.16 Å². The lowest BCUT2D eigenvalue weighted by Crippen LogP contribution is -2.12. The van der Waals surface area contributed by atoms with Crippen LogP contribution in [0.5, 0.6) is 0 Å². The van der Waals surface area contributed by atoms with E-state index in [1.165, 1.54) is 6.08 Å². The number of carbonyl (C=O) groups is 1. The second-order valence-electron chi connectivity index (χ2n) is 1.26. The summed E-state index contributed by atoms with van der Waals surface area (Å²) in [5, 5.41) is 11.3. The van der Waals surface area contributed by atoms with Crippen LogP contribution >= 0.6 is 0 Å². The molecule has 0 aliphatic carbocycles. The Balaban J connectivity index is 2.69. The molecule has 1 aliphatic heterocycles. The Morgan fingerprint density at radius 2 is 2.56 bits per heavy atom. The maximum absolute atomic E-state index is 10.0. The summed E-state index contributed by atoms with van der Waals surface area (Å²) in [6, 6.07) is 0. The smallest absolute Gasteiger partial charge is 0.358 e. The third-order valence-electron chi connectivity index (χ3n) is 0.679. The van der Waals surface area contributed by atoms with Gasteiger partial charge in [-0.15, -0.1) is 0 Å². The molecule has 0 saturated heterocycles. The van der Waals surface area contributed by atoms with Crippen LogP contribution in [-0.4, -0.2) is 16.8 Å². The molecule has 0 spiro atoms. The van der Waals surface area contributed by atoms with Gasteiger partial charge in [-0.05, 0) is 5.16 Å². The topological polar surface area (TPSA) is 68.1 Å². The third-order valence-corrected chi connectivity index (χ3v) is 0.679. The van der Waals surface area contributed by atoms with E-state index in [0.29, 0.717) is 0 Å². The lowest BCUT2D eigenvalue weighted by atomic mass is 10.4. The van der Waals surface area contributed by atoms with Crippen molar-refractivity contribution in [3.05, 3.63) is 12.3 Å². The summed E-state index contributed by atoms with van der Waals surface area (Å²) in [7, 11) is 0. The summed E-state index contributed by atoms with van der Waals surface area (Å²) in [6.45, 7) is 0. The number of aliphatic carboxylic acids is 1. The zero-order valence-electron chi connectivity index (χ0n) is 4.27. The Labute approximate surface area is 50.1 Å². The Kier molecular flexibility index (Phi) is 1.35. The summed E-state index contributed by atoms with van der Waals surface area (Å²) in [5.74, 6) is -1.14. The molecule has 0 saturated carbocycles. The van der Waals surface area contributed by atoms with Crippen LogP contribution in [0.15, 0.2) is 17.5 Å². The molecular formula is C4H3NO4. The van der Waals surface area contributed by atoms with E-state index in [0.717, 1.165) is 6.26 Å². The molecule has 1 aliphatic rings. The molecule has 0 unspecified atom stereocenters. The number of oxime groups is 1. The molecular weight excluding hydrogens is 126 g/mol. The fraction of sp³-hybridized carbons (Fsp3) is 0. The largest absolute Gasteiger partial charge is 0.476 e. The van der Waals surface area contributed by atoms with Gasteiger partial charge in [-0.3, -0.25) is 4.89 Å². The molecule has 9 heavy (non-hydrogen) atoms. The molecule has 0 amide bonds. The molecule has 1 N–H and O–H groups in total. The van der Waals surface area contributed by atoms with Gasteiger partial charge in [-0.25, -0.2) is 4.79 Å². The van der Waals surface area contributed by atoms with Crippen LogP contribution in [-0.2, 0) is 14.7 Å². The minimum atomic E-state index is -1.14. The van der Waals surface area contributed by atoms with Gasteiger partial charge in [0.05, 0.1) is 0 Å². The van der Waals surface area contributed by atoms with Gasteiger partial charge in [-0.1, -0.05) is 0 Å². The molecule has 0 radical (unpaired) electrons. The van der Waals surface area contributed by atoms with Crippen molar-refractivity contribution < 1.29 is 19.8 Å². The maximum atomic E-state index is 10.0. The van der Waals surface area contributed by atoms with Crippen LogP contribution in [0.2, 0.25) is 0 Å². The summed E-state index contributed by atoms with van der Waals surface area (Å²) in [4.78, 5) is 18.1. The van der Waals surface area contributed by atoms with Crippen molar-refractivity contribution in [2.45, 2.75) is 0 Å².